The van der Waals surface area contributed by atoms with E-state index in [0.29, 0.717) is 13.0 Å². The Balaban J connectivity index is 2.13. The SMILES string of the molecule is C=C/C=C\C=C(/C)c1nc(N(CCCCOCC(=O)NS(C)(=O)=O)C(C)C)cnc1-c1ccccc1. The van der Waals surface area contributed by atoms with E-state index in [4.69, 9.17) is 14.7 Å². The van der Waals surface area contributed by atoms with Gasteiger partial charge in [0.25, 0.3) is 5.91 Å². The standard InChI is InChI=1S/C27H36N4O4S/c1-6-7-9-14-22(4)26-27(23-15-10-8-11-16-23)28-19-24(29-26)31(21(2)3)17-12-13-18-35-20-25(32)30-36(5,33)34/h6-11,14-16,19,21H,1,12-13,17-18,20H2,2-5H3,(H,30,32)/b9-7-,22-14+. The molecule has 1 aromatic heterocycles. The first-order chi connectivity index (χ1) is 17.1. The van der Waals surface area contributed by atoms with Crippen molar-refractivity contribution in [2.24, 2.45) is 0 Å². The number of carbonyl (C=O) groups is 1. The number of rotatable bonds is 14. The maximum atomic E-state index is 11.5. The maximum absolute atomic E-state index is 11.5. The molecule has 0 radical (unpaired) electrons. The molecule has 0 saturated carbocycles. The molecule has 194 valence electrons. The van der Waals surface area contributed by atoms with Crippen LogP contribution in [0.4, 0.5) is 5.82 Å². The van der Waals surface area contributed by atoms with Gasteiger partial charge in [0.1, 0.15) is 12.4 Å². The molecule has 0 aliphatic rings. The minimum atomic E-state index is -3.57. The summed E-state index contributed by atoms with van der Waals surface area (Å²) in [5.74, 6) is 0.113. The number of nitrogens with one attached hydrogen (secondary N) is 1. The Kier molecular flexibility index (Phi) is 11.5. The lowest BCUT2D eigenvalue weighted by Crippen LogP contribution is -2.33. The number of anilines is 1. The number of carbonyl (C=O) groups excluding carboxylic acids is 1. The Morgan fingerprint density at radius 1 is 1.19 bits per heavy atom. The molecule has 8 nitrogen and oxygen atoms in total. The largest absolute Gasteiger partial charge is 0.372 e. The lowest BCUT2D eigenvalue weighted by Gasteiger charge is -2.28. The Morgan fingerprint density at radius 3 is 2.56 bits per heavy atom. The van der Waals surface area contributed by atoms with Crippen molar-refractivity contribution in [1.82, 2.24) is 14.7 Å². The highest BCUT2D eigenvalue weighted by Crippen LogP contribution is 2.28. The molecule has 0 saturated heterocycles. The Bertz CT molecular complexity index is 1180. The van der Waals surface area contributed by atoms with E-state index in [2.05, 4.69) is 25.3 Å². The van der Waals surface area contributed by atoms with Gasteiger partial charge in [-0.2, -0.15) is 0 Å². The molecule has 0 fully saturated rings. The summed E-state index contributed by atoms with van der Waals surface area (Å²) in [7, 11) is -3.57. The molecule has 2 aromatic rings. The van der Waals surface area contributed by atoms with Crippen LogP contribution in [0.1, 0.15) is 39.3 Å². The number of hydrogen-bond acceptors (Lipinski definition) is 7. The smallest absolute Gasteiger partial charge is 0.259 e. The molecule has 36 heavy (non-hydrogen) atoms. The molecule has 0 atom stereocenters. The summed E-state index contributed by atoms with van der Waals surface area (Å²) >= 11 is 0. The normalized spacial score (nSPS) is 12.2. The van der Waals surface area contributed by atoms with E-state index < -0.39 is 15.9 Å². The third kappa shape index (κ3) is 9.75. The van der Waals surface area contributed by atoms with Gasteiger partial charge in [-0.1, -0.05) is 61.2 Å². The third-order valence-electron chi connectivity index (χ3n) is 5.16. The number of unbranched alkanes of at least 4 members (excludes halogenated alkanes) is 1. The third-order valence-corrected chi connectivity index (χ3v) is 5.76. The van der Waals surface area contributed by atoms with Gasteiger partial charge in [-0.15, -0.1) is 0 Å². The summed E-state index contributed by atoms with van der Waals surface area (Å²) in [5.41, 5.74) is 3.63. The summed E-state index contributed by atoms with van der Waals surface area (Å²) in [6.07, 6.45) is 11.8. The molecule has 0 unspecified atom stereocenters. The maximum Gasteiger partial charge on any atom is 0.259 e. The highest BCUT2D eigenvalue weighted by atomic mass is 32.2. The molecule has 1 aromatic carbocycles. The molecular weight excluding hydrogens is 476 g/mol. The second-order valence-electron chi connectivity index (χ2n) is 8.61. The van der Waals surface area contributed by atoms with E-state index in [9.17, 15) is 13.2 Å². The molecule has 0 bridgehead atoms. The van der Waals surface area contributed by atoms with Gasteiger partial charge >= 0.3 is 0 Å². The van der Waals surface area contributed by atoms with E-state index in [1.54, 1.807) is 6.08 Å². The number of allylic oxidation sites excluding steroid dienone is 5. The molecule has 0 aliphatic carbocycles. The van der Waals surface area contributed by atoms with Crippen molar-refractivity contribution >= 4 is 27.3 Å². The Labute approximate surface area is 214 Å². The summed E-state index contributed by atoms with van der Waals surface area (Å²) < 4.78 is 29.3. The van der Waals surface area contributed by atoms with Crippen LogP contribution in [-0.2, 0) is 19.6 Å². The first kappa shape index (κ1) is 28.9. The number of sulfonamides is 1. The number of amides is 1. The topological polar surface area (TPSA) is 101 Å². The van der Waals surface area contributed by atoms with Crippen LogP contribution in [0.5, 0.6) is 0 Å². The highest BCUT2D eigenvalue weighted by Gasteiger charge is 2.17. The molecular formula is C27H36N4O4S. The van der Waals surface area contributed by atoms with Crippen LogP contribution in [0.3, 0.4) is 0 Å². The van der Waals surface area contributed by atoms with E-state index in [-0.39, 0.29) is 12.6 Å². The fourth-order valence-corrected chi connectivity index (χ4v) is 3.95. The van der Waals surface area contributed by atoms with Gasteiger partial charge in [0.2, 0.25) is 10.0 Å². The molecule has 9 heteroatoms. The van der Waals surface area contributed by atoms with Gasteiger partial charge < -0.3 is 9.64 Å². The number of aromatic nitrogens is 2. The van der Waals surface area contributed by atoms with E-state index in [1.165, 1.54) is 0 Å². The minimum Gasteiger partial charge on any atom is -0.372 e. The van der Waals surface area contributed by atoms with Gasteiger partial charge in [-0.25, -0.2) is 13.4 Å². The number of hydrogen-bond donors (Lipinski definition) is 1. The Hall–Kier alpha value is -3.30. The summed E-state index contributed by atoms with van der Waals surface area (Å²) in [5, 5.41) is 0. The molecule has 1 N–H and O–H groups in total. The van der Waals surface area contributed by atoms with Crippen LogP contribution in [-0.4, -0.2) is 56.3 Å². The predicted molar refractivity (Wildman–Crippen MR) is 146 cm³/mol. The molecule has 1 heterocycles. The summed E-state index contributed by atoms with van der Waals surface area (Å²) in [6, 6.07) is 10.2. The van der Waals surface area contributed by atoms with Crippen molar-refractivity contribution in [3.8, 4) is 11.3 Å². The predicted octanol–water partition coefficient (Wildman–Crippen LogP) is 4.38. The van der Waals surface area contributed by atoms with Gasteiger partial charge in [-0.05, 0) is 39.2 Å². The second-order valence-corrected chi connectivity index (χ2v) is 10.4. The lowest BCUT2D eigenvalue weighted by molar-refractivity contribution is -0.123. The molecule has 0 aliphatic heterocycles. The van der Waals surface area contributed by atoms with E-state index in [0.717, 1.165) is 47.6 Å². The number of nitrogens with zero attached hydrogens (tertiary/aromatic N) is 3. The highest BCUT2D eigenvalue weighted by molar-refractivity contribution is 7.89. The lowest BCUT2D eigenvalue weighted by atomic mass is 10.0. The van der Waals surface area contributed by atoms with Crippen molar-refractivity contribution in [3.05, 3.63) is 73.1 Å². The van der Waals surface area contributed by atoms with Crippen LogP contribution >= 0.6 is 0 Å². The van der Waals surface area contributed by atoms with Crippen molar-refractivity contribution in [3.63, 3.8) is 0 Å². The first-order valence-electron chi connectivity index (χ1n) is 11.9. The van der Waals surface area contributed by atoms with Crippen LogP contribution in [0, 0.1) is 0 Å². The van der Waals surface area contributed by atoms with Crippen LogP contribution in [0.2, 0.25) is 0 Å². The number of ether oxygens (including phenoxy) is 1. The van der Waals surface area contributed by atoms with Crippen molar-refractivity contribution < 1.29 is 17.9 Å². The zero-order valence-corrected chi connectivity index (χ0v) is 22.3. The van der Waals surface area contributed by atoms with Crippen LogP contribution in [0.15, 0.2) is 67.4 Å². The average molecular weight is 513 g/mol. The average Bonchev–Trinajstić information content (AvgIpc) is 2.82. The van der Waals surface area contributed by atoms with Crippen molar-refractivity contribution in [2.45, 2.75) is 39.7 Å². The minimum absolute atomic E-state index is 0.195. The zero-order valence-electron chi connectivity index (χ0n) is 21.5. The van der Waals surface area contributed by atoms with Crippen LogP contribution < -0.4 is 9.62 Å². The van der Waals surface area contributed by atoms with Gasteiger partial charge in [0.15, 0.2) is 0 Å². The summed E-state index contributed by atoms with van der Waals surface area (Å²) in [6.45, 7) is 10.7. The monoisotopic (exact) mass is 512 g/mol. The molecule has 0 spiro atoms. The molecule has 1 amide bonds. The quantitative estimate of drug-likeness (QED) is 0.296. The zero-order chi connectivity index (χ0) is 26.6. The molecule has 2 rings (SSSR count). The van der Waals surface area contributed by atoms with E-state index >= 15 is 0 Å². The fourth-order valence-electron chi connectivity index (χ4n) is 3.48. The fraction of sp³-hybridized carbons (Fsp3) is 0.370. The van der Waals surface area contributed by atoms with Gasteiger partial charge in [0.05, 0.1) is 23.8 Å². The van der Waals surface area contributed by atoms with Gasteiger partial charge in [0, 0.05) is 24.8 Å². The van der Waals surface area contributed by atoms with Gasteiger partial charge in [-0.3, -0.25) is 14.5 Å². The van der Waals surface area contributed by atoms with E-state index in [1.807, 2.05) is 66.4 Å². The van der Waals surface area contributed by atoms with Crippen molar-refractivity contribution in [2.75, 3.05) is 30.9 Å². The second kappa shape index (κ2) is 14.3. The van der Waals surface area contributed by atoms with Crippen LogP contribution in [0.25, 0.3) is 16.8 Å². The summed E-state index contributed by atoms with van der Waals surface area (Å²) in [4.78, 5) is 23.5. The van der Waals surface area contributed by atoms with Crippen molar-refractivity contribution in [1.29, 1.82) is 0 Å². The first-order valence-corrected chi connectivity index (χ1v) is 13.8. The Morgan fingerprint density at radius 2 is 1.92 bits per heavy atom. The number of benzene rings is 1.